The predicted octanol–water partition coefficient (Wildman–Crippen LogP) is 4.31. The number of nitrogens with one attached hydrogen (secondary N) is 2. The summed E-state index contributed by atoms with van der Waals surface area (Å²) >= 11 is 1.61. The first-order chi connectivity index (χ1) is 12.6. The van der Waals surface area contributed by atoms with Crippen LogP contribution in [0.25, 0.3) is 21.6 Å². The van der Waals surface area contributed by atoms with Gasteiger partial charge in [0.1, 0.15) is 0 Å². The molecule has 0 aliphatic rings. The van der Waals surface area contributed by atoms with E-state index in [1.807, 2.05) is 28.3 Å². The summed E-state index contributed by atoms with van der Waals surface area (Å²) in [7, 11) is 0. The normalized spacial score (nSPS) is 10.6. The maximum atomic E-state index is 12.8. The Morgan fingerprint density at radius 1 is 1.25 bits per heavy atom. The minimum absolute atomic E-state index is 0. The Labute approximate surface area is 181 Å². The molecule has 0 unspecified atom stereocenters. The van der Waals surface area contributed by atoms with Crippen LogP contribution in [-0.2, 0) is 0 Å². The largest absolute Gasteiger partial charge is 0.351 e. The summed E-state index contributed by atoms with van der Waals surface area (Å²) in [6.45, 7) is 8.55. The van der Waals surface area contributed by atoms with E-state index in [2.05, 4.69) is 36.5 Å². The van der Waals surface area contributed by atoms with Crippen molar-refractivity contribution in [1.29, 1.82) is 0 Å². The fourth-order valence-corrected chi connectivity index (χ4v) is 3.48. The second kappa shape index (κ2) is 11.4. The van der Waals surface area contributed by atoms with Crippen molar-refractivity contribution in [2.24, 2.45) is 0 Å². The van der Waals surface area contributed by atoms with Crippen LogP contribution < -0.4 is 10.6 Å². The molecule has 3 rings (SSSR count). The molecular formula is C19H27Cl2N5OS. The van der Waals surface area contributed by atoms with Gasteiger partial charge >= 0.3 is 0 Å². The summed E-state index contributed by atoms with van der Waals surface area (Å²) in [5, 5.41) is 13.5. The maximum Gasteiger partial charge on any atom is 0.252 e. The van der Waals surface area contributed by atoms with Crippen molar-refractivity contribution in [2.45, 2.75) is 33.2 Å². The van der Waals surface area contributed by atoms with E-state index in [9.17, 15) is 4.79 Å². The number of fused-ring (bicyclic) bond motifs is 1. The second-order valence-corrected chi connectivity index (χ2v) is 7.41. The van der Waals surface area contributed by atoms with Gasteiger partial charge in [-0.15, -0.1) is 36.2 Å². The first kappa shape index (κ1) is 24.4. The lowest BCUT2D eigenvalue weighted by Crippen LogP contribution is -2.32. The van der Waals surface area contributed by atoms with Gasteiger partial charge in [-0.25, -0.2) is 9.67 Å². The lowest BCUT2D eigenvalue weighted by Gasteiger charge is -2.10. The van der Waals surface area contributed by atoms with E-state index in [4.69, 9.17) is 4.98 Å². The molecule has 3 heterocycles. The van der Waals surface area contributed by atoms with E-state index in [1.54, 1.807) is 17.5 Å². The first-order valence-electron chi connectivity index (χ1n) is 9.03. The Kier molecular flexibility index (Phi) is 9.89. The van der Waals surface area contributed by atoms with Crippen LogP contribution >= 0.6 is 36.2 Å². The highest BCUT2D eigenvalue weighted by atomic mass is 35.5. The molecule has 28 heavy (non-hydrogen) atoms. The smallest absolute Gasteiger partial charge is 0.252 e. The molecule has 1 amide bonds. The molecule has 0 saturated carbocycles. The molecule has 0 saturated heterocycles. The van der Waals surface area contributed by atoms with E-state index < -0.39 is 0 Å². The fraction of sp³-hybridized carbons (Fsp3) is 0.421. The van der Waals surface area contributed by atoms with Gasteiger partial charge in [-0.05, 0) is 44.3 Å². The Morgan fingerprint density at radius 2 is 2.04 bits per heavy atom. The van der Waals surface area contributed by atoms with Crippen LogP contribution in [0.3, 0.4) is 0 Å². The number of carbonyl (C=O) groups excluding carboxylic acids is 1. The standard InChI is InChI=1S/C19H25N5OS.2ClH/c1-4-7-20-8-9-21-19(25)14-11-16(17-6-5-10-26-17)23-18-15(14)12-22-24(18)13(2)3;;/h5-6,10-13,20H,4,7-9H2,1-3H3,(H,21,25);2*1H. The van der Waals surface area contributed by atoms with Crippen LogP contribution in [-0.4, -0.2) is 40.3 Å². The van der Waals surface area contributed by atoms with E-state index in [0.717, 1.165) is 41.1 Å². The van der Waals surface area contributed by atoms with Crippen molar-refractivity contribution in [3.63, 3.8) is 0 Å². The highest BCUT2D eigenvalue weighted by Crippen LogP contribution is 2.28. The van der Waals surface area contributed by atoms with Crippen molar-refractivity contribution >= 4 is 53.1 Å². The van der Waals surface area contributed by atoms with Gasteiger partial charge in [0, 0.05) is 19.1 Å². The zero-order chi connectivity index (χ0) is 18.5. The van der Waals surface area contributed by atoms with Crippen molar-refractivity contribution < 1.29 is 4.79 Å². The summed E-state index contributed by atoms with van der Waals surface area (Å²) < 4.78 is 1.87. The van der Waals surface area contributed by atoms with E-state index >= 15 is 0 Å². The number of aromatic nitrogens is 3. The van der Waals surface area contributed by atoms with Crippen molar-refractivity contribution in [1.82, 2.24) is 25.4 Å². The summed E-state index contributed by atoms with van der Waals surface area (Å²) in [5.41, 5.74) is 2.19. The Hall–Kier alpha value is -1.67. The maximum absolute atomic E-state index is 12.8. The highest BCUT2D eigenvalue weighted by molar-refractivity contribution is 7.13. The lowest BCUT2D eigenvalue weighted by atomic mass is 10.1. The molecule has 2 N–H and O–H groups in total. The predicted molar refractivity (Wildman–Crippen MR) is 121 cm³/mol. The van der Waals surface area contributed by atoms with E-state index in [1.165, 1.54) is 0 Å². The number of thiophene rings is 1. The molecule has 3 aromatic heterocycles. The number of amides is 1. The van der Waals surface area contributed by atoms with Gasteiger partial charge in [-0.2, -0.15) is 5.10 Å². The number of nitrogens with zero attached hydrogens (tertiary/aromatic N) is 3. The van der Waals surface area contributed by atoms with Gasteiger partial charge in [0.25, 0.3) is 5.91 Å². The van der Waals surface area contributed by atoms with Crippen molar-refractivity contribution in [2.75, 3.05) is 19.6 Å². The van der Waals surface area contributed by atoms with E-state index in [0.29, 0.717) is 12.1 Å². The average Bonchev–Trinajstić information content (AvgIpc) is 3.29. The number of pyridine rings is 1. The van der Waals surface area contributed by atoms with Crippen molar-refractivity contribution in [3.8, 4) is 10.6 Å². The quantitative estimate of drug-likeness (QED) is 0.508. The van der Waals surface area contributed by atoms with Crippen LogP contribution in [0.4, 0.5) is 0 Å². The summed E-state index contributed by atoms with van der Waals surface area (Å²) in [6.07, 6.45) is 2.82. The van der Waals surface area contributed by atoms with Crippen LogP contribution in [0.1, 0.15) is 43.6 Å². The lowest BCUT2D eigenvalue weighted by molar-refractivity contribution is 0.0955. The molecule has 0 atom stereocenters. The Morgan fingerprint density at radius 3 is 2.68 bits per heavy atom. The molecule has 0 fully saturated rings. The number of hydrogen-bond acceptors (Lipinski definition) is 5. The third-order valence-electron chi connectivity index (χ3n) is 4.09. The molecule has 0 radical (unpaired) electrons. The average molecular weight is 444 g/mol. The summed E-state index contributed by atoms with van der Waals surface area (Å²) in [6, 6.07) is 6.05. The molecule has 6 nitrogen and oxygen atoms in total. The molecule has 9 heteroatoms. The minimum Gasteiger partial charge on any atom is -0.351 e. The number of halogens is 2. The van der Waals surface area contributed by atoms with Crippen LogP contribution in [0.5, 0.6) is 0 Å². The third kappa shape index (κ3) is 5.44. The first-order valence-corrected chi connectivity index (χ1v) is 9.90. The summed E-state index contributed by atoms with van der Waals surface area (Å²) in [5.74, 6) is -0.0863. The topological polar surface area (TPSA) is 71.8 Å². The molecular weight excluding hydrogens is 417 g/mol. The number of hydrogen-bond donors (Lipinski definition) is 2. The van der Waals surface area contributed by atoms with Gasteiger partial charge in [0.2, 0.25) is 0 Å². The molecule has 0 bridgehead atoms. The van der Waals surface area contributed by atoms with E-state index in [-0.39, 0.29) is 36.8 Å². The zero-order valence-corrected chi connectivity index (χ0v) is 18.7. The van der Waals surface area contributed by atoms with Crippen LogP contribution in [0, 0.1) is 0 Å². The van der Waals surface area contributed by atoms with Crippen LogP contribution in [0.15, 0.2) is 29.8 Å². The Balaban J connectivity index is 0.00000196. The van der Waals surface area contributed by atoms with Crippen LogP contribution in [0.2, 0.25) is 0 Å². The zero-order valence-electron chi connectivity index (χ0n) is 16.3. The molecule has 3 aromatic rings. The van der Waals surface area contributed by atoms with Gasteiger partial charge in [0.15, 0.2) is 5.65 Å². The molecule has 0 aromatic carbocycles. The van der Waals surface area contributed by atoms with Gasteiger partial charge < -0.3 is 10.6 Å². The van der Waals surface area contributed by atoms with Gasteiger partial charge in [-0.1, -0.05) is 13.0 Å². The minimum atomic E-state index is -0.0863. The monoisotopic (exact) mass is 443 g/mol. The fourth-order valence-electron chi connectivity index (χ4n) is 2.80. The number of carbonyl (C=O) groups is 1. The molecule has 0 aliphatic heterocycles. The third-order valence-corrected chi connectivity index (χ3v) is 4.98. The van der Waals surface area contributed by atoms with Gasteiger partial charge in [-0.3, -0.25) is 4.79 Å². The SMILES string of the molecule is CCCNCCNC(=O)c1cc(-c2cccs2)nc2c1cnn2C(C)C.Cl.Cl. The molecule has 0 aliphatic carbocycles. The summed E-state index contributed by atoms with van der Waals surface area (Å²) in [4.78, 5) is 18.6. The molecule has 0 spiro atoms. The van der Waals surface area contributed by atoms with Crippen molar-refractivity contribution in [3.05, 3.63) is 35.3 Å². The molecule has 154 valence electrons. The second-order valence-electron chi connectivity index (χ2n) is 6.46. The number of rotatable bonds is 8. The highest BCUT2D eigenvalue weighted by Gasteiger charge is 2.18. The Bertz CT molecular complexity index is 880. The van der Waals surface area contributed by atoms with Gasteiger partial charge in [0.05, 0.1) is 27.7 Å².